The fourth-order valence-corrected chi connectivity index (χ4v) is 2.17. The van der Waals surface area contributed by atoms with E-state index in [9.17, 15) is 0 Å². The first kappa shape index (κ1) is 8.39. The van der Waals surface area contributed by atoms with Gasteiger partial charge < -0.3 is 0 Å². The molecule has 0 amide bonds. The van der Waals surface area contributed by atoms with Crippen LogP contribution in [0.3, 0.4) is 0 Å². The van der Waals surface area contributed by atoms with Crippen LogP contribution in [0.5, 0.6) is 0 Å². The maximum Gasteiger partial charge on any atom is 0.0364 e. The Morgan fingerprint density at radius 2 is 1.40 bits per heavy atom. The Morgan fingerprint density at radius 1 is 0.900 bits per heavy atom. The van der Waals surface area contributed by atoms with Crippen LogP contribution in [-0.2, 0) is 0 Å². The molecule has 0 N–H and O–H groups in total. The van der Waals surface area contributed by atoms with E-state index in [1.807, 2.05) is 0 Å². The van der Waals surface area contributed by atoms with Gasteiger partial charge in [-0.3, -0.25) is 0 Å². The summed E-state index contributed by atoms with van der Waals surface area (Å²) in [5.74, 6) is 2.44. The lowest BCUT2D eigenvalue weighted by molar-refractivity contribution is 0.225. The molecule has 1 aliphatic rings. The number of halogens is 1. The Labute approximate surface area is 69.0 Å². The third-order valence-electron chi connectivity index (χ3n) is 2.93. The fraction of sp³-hybridized carbons (Fsp3) is 1.00. The zero-order valence-corrected chi connectivity index (χ0v) is 7.86. The minimum Gasteiger partial charge on any atom is -0.123 e. The largest absolute Gasteiger partial charge is 0.123 e. The van der Waals surface area contributed by atoms with Crippen molar-refractivity contribution < 1.29 is 0 Å². The zero-order valence-electron chi connectivity index (χ0n) is 7.10. The molecule has 0 saturated heterocycles. The van der Waals surface area contributed by atoms with Crippen molar-refractivity contribution in [3.8, 4) is 0 Å². The van der Waals surface area contributed by atoms with E-state index in [4.69, 9.17) is 11.6 Å². The summed E-state index contributed by atoms with van der Waals surface area (Å²) in [5, 5.41) is 0.436. The second-order valence-electron chi connectivity index (χ2n) is 3.92. The van der Waals surface area contributed by atoms with Gasteiger partial charge in [-0.15, -0.1) is 11.6 Å². The van der Waals surface area contributed by atoms with Crippen LogP contribution in [0.15, 0.2) is 0 Å². The summed E-state index contributed by atoms with van der Waals surface area (Å²) in [7, 11) is 0. The Bertz CT molecular complexity index is 85.3. The molecule has 1 aliphatic carbocycles. The number of hydrogen-bond acceptors (Lipinski definition) is 0. The molecule has 0 nitrogen and oxygen atoms in total. The van der Waals surface area contributed by atoms with Crippen molar-refractivity contribution in [2.24, 2.45) is 17.8 Å². The second kappa shape index (κ2) is 3.13. The van der Waals surface area contributed by atoms with Gasteiger partial charge in [-0.25, -0.2) is 0 Å². The molecule has 1 rings (SSSR count). The Hall–Kier alpha value is 0.290. The summed E-state index contributed by atoms with van der Waals surface area (Å²) in [5.41, 5.74) is 0. The topological polar surface area (TPSA) is 0 Å². The van der Waals surface area contributed by atoms with E-state index in [2.05, 4.69) is 20.8 Å². The average molecular weight is 161 g/mol. The predicted molar refractivity (Wildman–Crippen MR) is 46.4 cm³/mol. The number of hydrogen-bond donors (Lipinski definition) is 0. The van der Waals surface area contributed by atoms with Crippen LogP contribution in [0.25, 0.3) is 0 Å². The summed E-state index contributed by atoms with van der Waals surface area (Å²) in [4.78, 5) is 0. The number of rotatable bonds is 0. The molecule has 1 heteroatoms. The quantitative estimate of drug-likeness (QED) is 0.477. The van der Waals surface area contributed by atoms with Crippen molar-refractivity contribution in [2.75, 3.05) is 0 Å². The Kier molecular flexibility index (Phi) is 2.62. The highest BCUT2D eigenvalue weighted by Gasteiger charge is 2.28. The maximum absolute atomic E-state index is 6.13. The van der Waals surface area contributed by atoms with E-state index in [0.29, 0.717) is 5.38 Å². The molecule has 0 heterocycles. The van der Waals surface area contributed by atoms with Gasteiger partial charge in [-0.2, -0.15) is 0 Å². The highest BCUT2D eigenvalue weighted by atomic mass is 35.5. The van der Waals surface area contributed by atoms with E-state index >= 15 is 0 Å². The normalized spacial score (nSPS) is 49.2. The van der Waals surface area contributed by atoms with Crippen molar-refractivity contribution in [1.82, 2.24) is 0 Å². The maximum atomic E-state index is 6.13. The molecule has 60 valence electrons. The van der Waals surface area contributed by atoms with Gasteiger partial charge in [0.05, 0.1) is 0 Å². The van der Waals surface area contributed by atoms with E-state index in [0.717, 1.165) is 17.8 Å². The second-order valence-corrected chi connectivity index (χ2v) is 4.48. The minimum absolute atomic E-state index is 0.436. The number of alkyl halides is 1. The zero-order chi connectivity index (χ0) is 7.72. The van der Waals surface area contributed by atoms with E-state index in [-0.39, 0.29) is 0 Å². The lowest BCUT2D eigenvalue weighted by Crippen LogP contribution is -2.27. The third-order valence-corrected chi connectivity index (χ3v) is 3.54. The average Bonchev–Trinajstić information content (AvgIpc) is 1.84. The van der Waals surface area contributed by atoms with Crippen LogP contribution in [0.4, 0.5) is 0 Å². The molecule has 0 aliphatic heterocycles. The van der Waals surface area contributed by atoms with Crippen LogP contribution in [0.2, 0.25) is 0 Å². The van der Waals surface area contributed by atoms with E-state index in [1.54, 1.807) is 0 Å². The molecule has 0 aromatic rings. The molecule has 0 bridgehead atoms. The highest BCUT2D eigenvalue weighted by molar-refractivity contribution is 6.20. The van der Waals surface area contributed by atoms with Crippen molar-refractivity contribution in [2.45, 2.75) is 39.0 Å². The highest BCUT2D eigenvalue weighted by Crippen LogP contribution is 2.35. The predicted octanol–water partition coefficient (Wildman–Crippen LogP) is 3.30. The van der Waals surface area contributed by atoms with E-state index in [1.165, 1.54) is 12.8 Å². The molecular weight excluding hydrogens is 144 g/mol. The lowest BCUT2D eigenvalue weighted by Gasteiger charge is -2.33. The van der Waals surface area contributed by atoms with Crippen molar-refractivity contribution in [3.63, 3.8) is 0 Å². The first-order valence-corrected chi connectivity index (χ1v) is 4.69. The first-order valence-electron chi connectivity index (χ1n) is 4.25. The molecule has 0 aromatic carbocycles. The molecule has 0 spiro atoms. The van der Waals surface area contributed by atoms with Crippen LogP contribution < -0.4 is 0 Å². The molecule has 10 heavy (non-hydrogen) atoms. The van der Waals surface area contributed by atoms with Crippen LogP contribution in [0.1, 0.15) is 33.6 Å². The SMILES string of the molecule is CC1CC(C)C(Cl)CC1C. The summed E-state index contributed by atoms with van der Waals surface area (Å²) in [6, 6.07) is 0. The monoisotopic (exact) mass is 160 g/mol. The van der Waals surface area contributed by atoms with Gasteiger partial charge in [-0.1, -0.05) is 20.8 Å². The van der Waals surface area contributed by atoms with Gasteiger partial charge in [0.1, 0.15) is 0 Å². The third kappa shape index (κ3) is 1.66. The lowest BCUT2D eigenvalue weighted by atomic mass is 9.76. The Morgan fingerprint density at radius 3 is 1.90 bits per heavy atom. The Balaban J connectivity index is 2.46. The first-order chi connectivity index (χ1) is 4.61. The molecule has 4 unspecified atom stereocenters. The summed E-state index contributed by atoms with van der Waals surface area (Å²) in [6.07, 6.45) is 2.53. The van der Waals surface area contributed by atoms with Crippen LogP contribution >= 0.6 is 11.6 Å². The van der Waals surface area contributed by atoms with Crippen LogP contribution in [-0.4, -0.2) is 5.38 Å². The standard InChI is InChI=1S/C9H17Cl/c1-6-4-8(3)9(10)5-7(6)2/h6-9H,4-5H2,1-3H3. The summed E-state index contributed by atoms with van der Waals surface area (Å²) in [6.45, 7) is 6.91. The van der Waals surface area contributed by atoms with Gasteiger partial charge in [0.15, 0.2) is 0 Å². The van der Waals surface area contributed by atoms with Gasteiger partial charge in [0.2, 0.25) is 0 Å². The minimum atomic E-state index is 0.436. The van der Waals surface area contributed by atoms with Gasteiger partial charge >= 0.3 is 0 Å². The fourth-order valence-electron chi connectivity index (χ4n) is 1.79. The van der Waals surface area contributed by atoms with Gasteiger partial charge in [0.25, 0.3) is 0 Å². The molecule has 4 atom stereocenters. The van der Waals surface area contributed by atoms with E-state index < -0.39 is 0 Å². The summed E-state index contributed by atoms with van der Waals surface area (Å²) >= 11 is 6.13. The molecule has 0 aromatic heterocycles. The smallest absolute Gasteiger partial charge is 0.0364 e. The van der Waals surface area contributed by atoms with Crippen molar-refractivity contribution in [3.05, 3.63) is 0 Å². The molecule has 1 fully saturated rings. The van der Waals surface area contributed by atoms with Crippen molar-refractivity contribution in [1.29, 1.82) is 0 Å². The van der Waals surface area contributed by atoms with Crippen molar-refractivity contribution >= 4 is 11.6 Å². The van der Waals surface area contributed by atoms with Crippen LogP contribution in [0, 0.1) is 17.8 Å². The van der Waals surface area contributed by atoms with Gasteiger partial charge in [0, 0.05) is 5.38 Å². The summed E-state index contributed by atoms with van der Waals surface area (Å²) < 4.78 is 0. The molecular formula is C9H17Cl. The molecule has 0 radical (unpaired) electrons. The molecule has 1 saturated carbocycles. The van der Waals surface area contributed by atoms with Gasteiger partial charge in [-0.05, 0) is 30.6 Å².